The summed E-state index contributed by atoms with van der Waals surface area (Å²) in [6, 6.07) is 0. The van der Waals surface area contributed by atoms with Crippen LogP contribution in [0.1, 0.15) is 25.7 Å². The van der Waals surface area contributed by atoms with E-state index in [4.69, 9.17) is 0 Å². The third-order valence-corrected chi connectivity index (χ3v) is 3.36. The molecule has 70 valence electrons. The number of nitrogens with zero attached hydrogens (tertiary/aromatic N) is 1. The molecule has 2 nitrogen and oxygen atoms in total. The zero-order valence-electron chi connectivity index (χ0n) is 7.87. The van der Waals surface area contributed by atoms with Gasteiger partial charge >= 0.3 is 0 Å². The van der Waals surface area contributed by atoms with Crippen LogP contribution in [0.15, 0.2) is 0 Å². The largest absolute Gasteiger partial charge is 0.393 e. The topological polar surface area (TPSA) is 23.5 Å². The summed E-state index contributed by atoms with van der Waals surface area (Å²) < 4.78 is 0. The van der Waals surface area contributed by atoms with Gasteiger partial charge in [-0.05, 0) is 57.7 Å². The van der Waals surface area contributed by atoms with Crippen LogP contribution in [0.2, 0.25) is 0 Å². The normalized spacial score (nSPS) is 38.5. The number of likely N-dealkylation sites (tertiary alicyclic amines) is 1. The van der Waals surface area contributed by atoms with Crippen LogP contribution >= 0.6 is 0 Å². The minimum Gasteiger partial charge on any atom is -0.393 e. The van der Waals surface area contributed by atoms with E-state index in [1.54, 1.807) is 0 Å². The van der Waals surface area contributed by atoms with E-state index in [1.807, 2.05) is 0 Å². The highest BCUT2D eigenvalue weighted by atomic mass is 16.3. The summed E-state index contributed by atoms with van der Waals surface area (Å²) in [6.07, 6.45) is 5.12. The maximum absolute atomic E-state index is 9.20. The quantitative estimate of drug-likeness (QED) is 0.669. The molecule has 1 saturated carbocycles. The molecule has 0 bridgehead atoms. The van der Waals surface area contributed by atoms with Gasteiger partial charge in [-0.15, -0.1) is 0 Å². The van der Waals surface area contributed by atoms with Gasteiger partial charge in [-0.2, -0.15) is 0 Å². The van der Waals surface area contributed by atoms with E-state index in [-0.39, 0.29) is 6.10 Å². The van der Waals surface area contributed by atoms with Gasteiger partial charge in [-0.25, -0.2) is 0 Å². The Bertz CT molecular complexity index is 152. The third-order valence-electron chi connectivity index (χ3n) is 3.36. The van der Waals surface area contributed by atoms with Gasteiger partial charge in [-0.3, -0.25) is 0 Å². The Balaban J connectivity index is 1.68. The molecule has 1 N–H and O–H groups in total. The molecule has 12 heavy (non-hydrogen) atoms. The second kappa shape index (κ2) is 3.35. The maximum Gasteiger partial charge on any atom is 0.0573 e. The lowest BCUT2D eigenvalue weighted by atomic mass is 9.92. The van der Waals surface area contributed by atoms with Gasteiger partial charge in [0, 0.05) is 0 Å². The van der Waals surface area contributed by atoms with Gasteiger partial charge in [0.05, 0.1) is 6.10 Å². The molecule has 2 unspecified atom stereocenters. The summed E-state index contributed by atoms with van der Waals surface area (Å²) in [6.45, 7) is 2.51. The van der Waals surface area contributed by atoms with Crippen molar-refractivity contribution in [3.8, 4) is 0 Å². The smallest absolute Gasteiger partial charge is 0.0573 e. The Morgan fingerprint density at radius 3 is 2.42 bits per heavy atom. The van der Waals surface area contributed by atoms with Crippen LogP contribution in [0.5, 0.6) is 0 Å². The van der Waals surface area contributed by atoms with Crippen molar-refractivity contribution in [1.82, 2.24) is 4.90 Å². The Labute approximate surface area is 74.6 Å². The van der Waals surface area contributed by atoms with Crippen molar-refractivity contribution < 1.29 is 5.11 Å². The van der Waals surface area contributed by atoms with Crippen LogP contribution in [0.25, 0.3) is 0 Å². The van der Waals surface area contributed by atoms with E-state index < -0.39 is 0 Å². The summed E-state index contributed by atoms with van der Waals surface area (Å²) >= 11 is 0. The summed E-state index contributed by atoms with van der Waals surface area (Å²) in [5.41, 5.74) is 0. The number of piperidine rings is 1. The second-order valence-corrected chi connectivity index (χ2v) is 4.55. The fourth-order valence-corrected chi connectivity index (χ4v) is 2.21. The molecule has 1 heterocycles. The molecule has 0 spiro atoms. The maximum atomic E-state index is 9.20. The standard InChI is InChI=1S/C10H19NO/c1-11-4-2-8(3-5-11)6-9-7-10(9)12/h8-10,12H,2-7H2,1H3. The van der Waals surface area contributed by atoms with Crippen LogP contribution in [0.3, 0.4) is 0 Å². The van der Waals surface area contributed by atoms with E-state index in [0.29, 0.717) is 5.92 Å². The number of hydrogen-bond donors (Lipinski definition) is 1. The van der Waals surface area contributed by atoms with Crippen molar-refractivity contribution in [2.45, 2.75) is 31.8 Å². The fraction of sp³-hybridized carbons (Fsp3) is 1.00. The lowest BCUT2D eigenvalue weighted by Crippen LogP contribution is -2.30. The van der Waals surface area contributed by atoms with Crippen molar-refractivity contribution in [3.05, 3.63) is 0 Å². The minimum absolute atomic E-state index is 0.0599. The minimum atomic E-state index is 0.0599. The van der Waals surface area contributed by atoms with E-state index in [9.17, 15) is 5.11 Å². The average molecular weight is 169 g/mol. The van der Waals surface area contributed by atoms with Crippen molar-refractivity contribution in [2.75, 3.05) is 20.1 Å². The molecule has 2 heteroatoms. The molecule has 0 aromatic rings. The van der Waals surface area contributed by atoms with Gasteiger partial charge in [0.1, 0.15) is 0 Å². The molecule has 1 saturated heterocycles. The first-order chi connectivity index (χ1) is 5.75. The molecule has 1 aliphatic heterocycles. The first-order valence-corrected chi connectivity index (χ1v) is 5.12. The third kappa shape index (κ3) is 1.99. The summed E-state index contributed by atoms with van der Waals surface area (Å²) in [5.74, 6) is 1.57. The molecule has 0 aromatic carbocycles. The number of rotatable bonds is 2. The lowest BCUT2D eigenvalue weighted by molar-refractivity contribution is 0.193. The highest BCUT2D eigenvalue weighted by Gasteiger charge is 2.37. The van der Waals surface area contributed by atoms with Gasteiger partial charge in [0.15, 0.2) is 0 Å². The van der Waals surface area contributed by atoms with Crippen LogP contribution in [0.4, 0.5) is 0 Å². The fourth-order valence-electron chi connectivity index (χ4n) is 2.21. The molecule has 2 aliphatic rings. The molecule has 0 amide bonds. The molecule has 0 radical (unpaired) electrons. The second-order valence-electron chi connectivity index (χ2n) is 4.55. The van der Waals surface area contributed by atoms with Gasteiger partial charge < -0.3 is 10.0 Å². The van der Waals surface area contributed by atoms with E-state index in [0.717, 1.165) is 12.3 Å². The van der Waals surface area contributed by atoms with Crippen molar-refractivity contribution in [2.24, 2.45) is 11.8 Å². The van der Waals surface area contributed by atoms with E-state index >= 15 is 0 Å². The molecule has 2 atom stereocenters. The molecule has 0 aromatic heterocycles. The van der Waals surface area contributed by atoms with E-state index in [2.05, 4.69) is 11.9 Å². The monoisotopic (exact) mass is 169 g/mol. The summed E-state index contributed by atoms with van der Waals surface area (Å²) in [7, 11) is 2.20. The molecular weight excluding hydrogens is 150 g/mol. The molecule has 2 rings (SSSR count). The summed E-state index contributed by atoms with van der Waals surface area (Å²) in [4.78, 5) is 2.40. The Morgan fingerprint density at radius 1 is 1.33 bits per heavy atom. The number of aliphatic hydroxyl groups is 1. The predicted octanol–water partition coefficient (Wildman–Crippen LogP) is 1.10. The van der Waals surface area contributed by atoms with Gasteiger partial charge in [-0.1, -0.05) is 0 Å². The molecule has 2 fully saturated rings. The van der Waals surface area contributed by atoms with Crippen molar-refractivity contribution >= 4 is 0 Å². The van der Waals surface area contributed by atoms with E-state index in [1.165, 1.54) is 32.4 Å². The summed E-state index contributed by atoms with van der Waals surface area (Å²) in [5, 5.41) is 9.20. The molecule has 1 aliphatic carbocycles. The first kappa shape index (κ1) is 8.52. The zero-order valence-corrected chi connectivity index (χ0v) is 7.87. The van der Waals surface area contributed by atoms with Gasteiger partial charge in [0.25, 0.3) is 0 Å². The lowest BCUT2D eigenvalue weighted by Gasteiger charge is -2.28. The van der Waals surface area contributed by atoms with Crippen molar-refractivity contribution in [3.63, 3.8) is 0 Å². The Kier molecular flexibility index (Phi) is 2.37. The predicted molar refractivity (Wildman–Crippen MR) is 49.0 cm³/mol. The molecular formula is C10H19NO. The first-order valence-electron chi connectivity index (χ1n) is 5.12. The average Bonchev–Trinajstić information content (AvgIpc) is 2.72. The van der Waals surface area contributed by atoms with Crippen LogP contribution in [0, 0.1) is 11.8 Å². The SMILES string of the molecule is CN1CCC(CC2CC2O)CC1. The number of aliphatic hydroxyl groups excluding tert-OH is 1. The Morgan fingerprint density at radius 2 is 1.92 bits per heavy atom. The Hall–Kier alpha value is -0.0800. The highest BCUT2D eigenvalue weighted by Crippen LogP contribution is 2.38. The van der Waals surface area contributed by atoms with Gasteiger partial charge in [0.2, 0.25) is 0 Å². The van der Waals surface area contributed by atoms with Crippen LogP contribution in [-0.2, 0) is 0 Å². The van der Waals surface area contributed by atoms with Crippen LogP contribution in [-0.4, -0.2) is 36.2 Å². The number of hydrogen-bond acceptors (Lipinski definition) is 2. The highest BCUT2D eigenvalue weighted by molar-refractivity contribution is 4.88. The zero-order chi connectivity index (χ0) is 8.55. The van der Waals surface area contributed by atoms with Crippen LogP contribution < -0.4 is 0 Å². The van der Waals surface area contributed by atoms with Crippen molar-refractivity contribution in [1.29, 1.82) is 0 Å².